The standard InChI is InChI=1S/C22H31N4O9P/c1-5-14-15(7-18(33-14)26-9-13(4)20(28)24-22(26)30)35-36(31)32-10-16-11(2)6-17(34-16)25-8-12(3)19(27)23-21(25)29/h8-9,11,14-18,31H,5-7,10H2,1-4H3,(H,23,27,29)(H,24,28,30)/t11?,14-,15?,16-,17-,18-,36?/m1/s1. The first-order valence-electron chi connectivity index (χ1n) is 11.8. The topological polar surface area (TPSA) is 167 Å². The summed E-state index contributed by atoms with van der Waals surface area (Å²) in [4.78, 5) is 62.7. The number of aromatic amines is 2. The molecule has 0 amide bonds. The number of rotatable bonds is 8. The highest BCUT2D eigenvalue weighted by Gasteiger charge is 2.39. The summed E-state index contributed by atoms with van der Waals surface area (Å²) in [5, 5.41) is 0. The van der Waals surface area contributed by atoms with E-state index in [4.69, 9.17) is 18.5 Å². The number of nitrogens with zero attached hydrogens (tertiary/aromatic N) is 2. The maximum Gasteiger partial charge on any atom is 0.330 e. The normalized spacial score (nSPS) is 29.0. The number of aryl methyl sites for hydroxylation is 2. The van der Waals surface area contributed by atoms with Gasteiger partial charge in [0.1, 0.15) is 12.5 Å². The maximum atomic E-state index is 12.2. The molecule has 36 heavy (non-hydrogen) atoms. The Hall–Kier alpha value is -2.41. The quantitative estimate of drug-likeness (QED) is 0.424. The largest absolute Gasteiger partial charge is 0.352 e. The van der Waals surface area contributed by atoms with Crippen molar-refractivity contribution in [1.82, 2.24) is 19.1 Å². The average molecular weight is 526 g/mol. The third-order valence-electron chi connectivity index (χ3n) is 6.61. The van der Waals surface area contributed by atoms with E-state index in [0.29, 0.717) is 30.4 Å². The fraction of sp³-hybridized carbons (Fsp3) is 0.636. The Bertz CT molecular complexity index is 1320. The van der Waals surface area contributed by atoms with Crippen LogP contribution in [0.5, 0.6) is 0 Å². The summed E-state index contributed by atoms with van der Waals surface area (Å²) in [5.41, 5.74) is -1.23. The van der Waals surface area contributed by atoms with Gasteiger partial charge in [-0.2, -0.15) is 0 Å². The van der Waals surface area contributed by atoms with Crippen LogP contribution in [0.4, 0.5) is 0 Å². The van der Waals surface area contributed by atoms with Gasteiger partial charge in [0.15, 0.2) is 0 Å². The predicted octanol–water partition coefficient (Wildman–Crippen LogP) is 0.946. The Labute approximate surface area is 207 Å². The molecule has 0 aromatic carbocycles. The van der Waals surface area contributed by atoms with Gasteiger partial charge < -0.3 is 23.4 Å². The first-order chi connectivity index (χ1) is 17.1. The van der Waals surface area contributed by atoms with E-state index < -0.39 is 55.8 Å². The monoisotopic (exact) mass is 526 g/mol. The highest BCUT2D eigenvalue weighted by molar-refractivity contribution is 7.40. The minimum absolute atomic E-state index is 0.0236. The van der Waals surface area contributed by atoms with E-state index in [0.717, 1.165) is 0 Å². The van der Waals surface area contributed by atoms with Crippen molar-refractivity contribution < 1.29 is 23.4 Å². The van der Waals surface area contributed by atoms with Crippen molar-refractivity contribution in [3.63, 3.8) is 0 Å². The molecule has 0 radical (unpaired) electrons. The Balaban J connectivity index is 1.34. The van der Waals surface area contributed by atoms with Gasteiger partial charge in [0.05, 0.1) is 24.9 Å². The van der Waals surface area contributed by atoms with Gasteiger partial charge >= 0.3 is 20.0 Å². The number of H-pyrrole nitrogens is 2. The molecule has 2 aromatic rings. The van der Waals surface area contributed by atoms with Crippen molar-refractivity contribution in [2.75, 3.05) is 6.61 Å². The molecule has 2 fully saturated rings. The highest BCUT2D eigenvalue weighted by atomic mass is 31.2. The van der Waals surface area contributed by atoms with Crippen LogP contribution in [0.25, 0.3) is 0 Å². The molecule has 3 unspecified atom stereocenters. The molecule has 0 saturated carbocycles. The molecule has 0 bridgehead atoms. The van der Waals surface area contributed by atoms with Crippen molar-refractivity contribution in [3.05, 3.63) is 65.2 Å². The SMILES string of the molecule is CC[C@H]1O[C@@H](n2cc(C)c(=O)[nH]c2=O)CC1OP(O)OC[C@H]1O[C@@H](n2cc(C)c(=O)[nH]c2=O)CC1C. The second-order valence-electron chi connectivity index (χ2n) is 9.25. The molecule has 2 aromatic heterocycles. The lowest BCUT2D eigenvalue weighted by molar-refractivity contribution is -0.0351. The lowest BCUT2D eigenvalue weighted by Crippen LogP contribution is -2.33. The van der Waals surface area contributed by atoms with Gasteiger partial charge in [-0.05, 0) is 32.6 Å². The molecule has 198 valence electrons. The third-order valence-corrected chi connectivity index (χ3v) is 7.43. The van der Waals surface area contributed by atoms with Crippen LogP contribution < -0.4 is 22.5 Å². The minimum Gasteiger partial charge on any atom is -0.352 e. The molecule has 2 aliphatic heterocycles. The number of ether oxygens (including phenoxy) is 2. The molecule has 2 aliphatic rings. The van der Waals surface area contributed by atoms with E-state index in [1.54, 1.807) is 13.8 Å². The summed E-state index contributed by atoms with van der Waals surface area (Å²) >= 11 is 0. The van der Waals surface area contributed by atoms with Gasteiger partial charge in [-0.25, -0.2) is 9.59 Å². The smallest absolute Gasteiger partial charge is 0.330 e. The molecule has 7 atom stereocenters. The van der Waals surface area contributed by atoms with Crippen molar-refractivity contribution in [2.45, 2.75) is 77.7 Å². The van der Waals surface area contributed by atoms with Gasteiger partial charge in [0.25, 0.3) is 11.1 Å². The van der Waals surface area contributed by atoms with E-state index in [1.165, 1.54) is 21.5 Å². The summed E-state index contributed by atoms with van der Waals surface area (Å²) in [7, 11) is -2.27. The van der Waals surface area contributed by atoms with Crippen LogP contribution >= 0.6 is 8.60 Å². The molecule has 13 nitrogen and oxygen atoms in total. The van der Waals surface area contributed by atoms with Crippen LogP contribution in [0.1, 0.15) is 56.7 Å². The van der Waals surface area contributed by atoms with Crippen LogP contribution in [0.15, 0.2) is 31.6 Å². The molecular formula is C22H31N4O9P. The summed E-state index contributed by atoms with van der Waals surface area (Å²) in [6, 6.07) is 0. The molecular weight excluding hydrogens is 495 g/mol. The summed E-state index contributed by atoms with van der Waals surface area (Å²) in [6.07, 6.45) is 1.82. The molecule has 0 aliphatic carbocycles. The van der Waals surface area contributed by atoms with Crippen LogP contribution in [0.2, 0.25) is 0 Å². The zero-order chi connectivity index (χ0) is 26.1. The number of nitrogens with one attached hydrogen (secondary N) is 2. The van der Waals surface area contributed by atoms with Crippen molar-refractivity contribution in [1.29, 1.82) is 0 Å². The van der Waals surface area contributed by atoms with E-state index in [9.17, 15) is 24.1 Å². The summed E-state index contributed by atoms with van der Waals surface area (Å²) < 4.78 is 25.9. The lowest BCUT2D eigenvalue weighted by Gasteiger charge is -2.21. The first-order valence-corrected chi connectivity index (χ1v) is 12.9. The summed E-state index contributed by atoms with van der Waals surface area (Å²) in [5.74, 6) is 0.0236. The number of aromatic nitrogens is 4. The Morgan fingerprint density at radius 3 is 2.06 bits per heavy atom. The fourth-order valence-corrected chi connectivity index (χ4v) is 5.26. The number of hydrogen-bond acceptors (Lipinski definition) is 9. The summed E-state index contributed by atoms with van der Waals surface area (Å²) in [6.45, 7) is 7.11. The van der Waals surface area contributed by atoms with Crippen LogP contribution in [0.3, 0.4) is 0 Å². The van der Waals surface area contributed by atoms with Gasteiger partial charge in [-0.3, -0.25) is 28.7 Å². The van der Waals surface area contributed by atoms with Gasteiger partial charge in [0, 0.05) is 29.9 Å². The van der Waals surface area contributed by atoms with E-state index >= 15 is 0 Å². The van der Waals surface area contributed by atoms with Crippen molar-refractivity contribution in [3.8, 4) is 0 Å². The molecule has 2 saturated heterocycles. The molecule has 0 spiro atoms. The first kappa shape index (κ1) is 26.6. The van der Waals surface area contributed by atoms with Crippen molar-refractivity contribution >= 4 is 8.60 Å². The van der Waals surface area contributed by atoms with Gasteiger partial charge in [0.2, 0.25) is 0 Å². The van der Waals surface area contributed by atoms with Crippen LogP contribution in [-0.2, 0) is 18.5 Å². The molecule has 4 rings (SSSR count). The van der Waals surface area contributed by atoms with Gasteiger partial charge in [-0.1, -0.05) is 13.8 Å². The predicted molar refractivity (Wildman–Crippen MR) is 129 cm³/mol. The van der Waals surface area contributed by atoms with E-state index in [-0.39, 0.29) is 18.6 Å². The van der Waals surface area contributed by atoms with Gasteiger partial charge in [-0.15, -0.1) is 0 Å². The Morgan fingerprint density at radius 1 is 0.972 bits per heavy atom. The average Bonchev–Trinajstić information content (AvgIpc) is 3.40. The number of hydrogen-bond donors (Lipinski definition) is 3. The fourth-order valence-electron chi connectivity index (χ4n) is 4.47. The second-order valence-corrected chi connectivity index (χ2v) is 10.2. The third kappa shape index (κ3) is 5.61. The highest BCUT2D eigenvalue weighted by Crippen LogP contribution is 2.43. The van der Waals surface area contributed by atoms with Crippen LogP contribution in [-0.4, -0.2) is 48.9 Å². The molecule has 3 N–H and O–H groups in total. The second kappa shape index (κ2) is 10.9. The van der Waals surface area contributed by atoms with Crippen LogP contribution in [0, 0.1) is 19.8 Å². The van der Waals surface area contributed by atoms with Crippen molar-refractivity contribution in [2.24, 2.45) is 5.92 Å². The Kier molecular flexibility index (Phi) is 8.08. The van der Waals surface area contributed by atoms with E-state index in [1.807, 2.05) is 13.8 Å². The minimum atomic E-state index is -2.27. The zero-order valence-electron chi connectivity index (χ0n) is 20.5. The Morgan fingerprint density at radius 2 is 1.50 bits per heavy atom. The maximum absolute atomic E-state index is 12.2. The van der Waals surface area contributed by atoms with E-state index in [2.05, 4.69) is 9.97 Å². The zero-order valence-corrected chi connectivity index (χ0v) is 21.4. The molecule has 4 heterocycles. The molecule has 14 heteroatoms. The lowest BCUT2D eigenvalue weighted by atomic mass is 10.0.